The minimum atomic E-state index is -0.293. The van der Waals surface area contributed by atoms with Crippen LogP contribution in [-0.4, -0.2) is 37.6 Å². The summed E-state index contributed by atoms with van der Waals surface area (Å²) in [5.41, 5.74) is 6.68. The van der Waals surface area contributed by atoms with E-state index in [-0.39, 0.29) is 11.3 Å². The Labute approximate surface area is 120 Å². The molecule has 2 rings (SSSR count). The van der Waals surface area contributed by atoms with Crippen LogP contribution in [0.1, 0.15) is 24.8 Å². The van der Waals surface area contributed by atoms with E-state index in [1.165, 1.54) is 5.56 Å². The molecule has 0 unspecified atom stereocenters. The zero-order valence-corrected chi connectivity index (χ0v) is 12.4. The van der Waals surface area contributed by atoms with Crippen molar-refractivity contribution in [3.8, 4) is 5.75 Å². The molecule has 2 N–H and O–H groups in total. The Morgan fingerprint density at radius 1 is 1.35 bits per heavy atom. The van der Waals surface area contributed by atoms with E-state index in [1.54, 1.807) is 4.90 Å². The third-order valence-corrected chi connectivity index (χ3v) is 4.22. The summed E-state index contributed by atoms with van der Waals surface area (Å²) >= 11 is 0. The number of carbonyl (C=O) groups excluding carboxylic acids is 1. The van der Waals surface area contributed by atoms with Crippen molar-refractivity contribution in [3.63, 3.8) is 0 Å². The SMILES string of the molecule is Cc1ccc(OCCN(C)C(=O)C2(CN)CCC2)cc1. The van der Waals surface area contributed by atoms with E-state index in [2.05, 4.69) is 0 Å². The maximum atomic E-state index is 12.4. The van der Waals surface area contributed by atoms with E-state index in [1.807, 2.05) is 38.2 Å². The molecule has 0 atom stereocenters. The first-order valence-corrected chi connectivity index (χ1v) is 7.22. The molecule has 1 aromatic carbocycles. The number of carbonyl (C=O) groups is 1. The number of benzene rings is 1. The van der Waals surface area contributed by atoms with Gasteiger partial charge in [0.1, 0.15) is 12.4 Å². The van der Waals surface area contributed by atoms with E-state index in [4.69, 9.17) is 10.5 Å². The fourth-order valence-corrected chi connectivity index (χ4v) is 2.55. The van der Waals surface area contributed by atoms with Crippen molar-refractivity contribution in [3.05, 3.63) is 29.8 Å². The molecule has 0 aliphatic heterocycles. The highest BCUT2D eigenvalue weighted by Gasteiger charge is 2.44. The molecule has 0 bridgehead atoms. The van der Waals surface area contributed by atoms with E-state index in [0.29, 0.717) is 19.7 Å². The van der Waals surface area contributed by atoms with Crippen LogP contribution >= 0.6 is 0 Å². The van der Waals surface area contributed by atoms with Crippen LogP contribution in [0.2, 0.25) is 0 Å². The van der Waals surface area contributed by atoms with Crippen LogP contribution in [0.25, 0.3) is 0 Å². The summed E-state index contributed by atoms with van der Waals surface area (Å²) in [5.74, 6) is 1.01. The molecule has 0 saturated heterocycles. The smallest absolute Gasteiger partial charge is 0.229 e. The third kappa shape index (κ3) is 3.12. The summed E-state index contributed by atoms with van der Waals surface area (Å²) in [4.78, 5) is 14.1. The molecule has 0 aromatic heterocycles. The summed E-state index contributed by atoms with van der Waals surface area (Å²) in [5, 5.41) is 0. The average Bonchev–Trinajstić information content (AvgIpc) is 2.40. The van der Waals surface area contributed by atoms with Gasteiger partial charge in [-0.15, -0.1) is 0 Å². The van der Waals surface area contributed by atoms with Gasteiger partial charge in [-0.05, 0) is 31.9 Å². The molecule has 1 aromatic rings. The summed E-state index contributed by atoms with van der Waals surface area (Å²) in [6.07, 6.45) is 2.95. The topological polar surface area (TPSA) is 55.6 Å². The first-order valence-electron chi connectivity index (χ1n) is 7.22. The highest BCUT2D eigenvalue weighted by molar-refractivity contribution is 5.83. The fraction of sp³-hybridized carbons (Fsp3) is 0.562. The van der Waals surface area contributed by atoms with Crippen LogP contribution in [0.5, 0.6) is 5.75 Å². The van der Waals surface area contributed by atoms with Gasteiger partial charge in [-0.25, -0.2) is 0 Å². The van der Waals surface area contributed by atoms with Crippen molar-refractivity contribution < 1.29 is 9.53 Å². The predicted octanol–water partition coefficient (Wildman–Crippen LogP) is 1.96. The fourth-order valence-electron chi connectivity index (χ4n) is 2.55. The molecule has 0 heterocycles. The molecule has 110 valence electrons. The summed E-state index contributed by atoms with van der Waals surface area (Å²) in [6.45, 7) is 3.59. The summed E-state index contributed by atoms with van der Waals surface area (Å²) in [7, 11) is 1.83. The lowest BCUT2D eigenvalue weighted by Crippen LogP contribution is -2.51. The lowest BCUT2D eigenvalue weighted by atomic mass is 9.68. The van der Waals surface area contributed by atoms with Gasteiger partial charge >= 0.3 is 0 Å². The monoisotopic (exact) mass is 276 g/mol. The van der Waals surface area contributed by atoms with Crippen LogP contribution in [0.4, 0.5) is 0 Å². The molecule has 1 aliphatic carbocycles. The van der Waals surface area contributed by atoms with Crippen molar-refractivity contribution in [1.29, 1.82) is 0 Å². The van der Waals surface area contributed by atoms with Gasteiger partial charge in [-0.2, -0.15) is 0 Å². The van der Waals surface area contributed by atoms with Gasteiger partial charge in [0.2, 0.25) is 5.91 Å². The highest BCUT2D eigenvalue weighted by atomic mass is 16.5. The van der Waals surface area contributed by atoms with Crippen LogP contribution in [0, 0.1) is 12.3 Å². The number of hydrogen-bond acceptors (Lipinski definition) is 3. The van der Waals surface area contributed by atoms with Crippen LogP contribution in [0.15, 0.2) is 24.3 Å². The van der Waals surface area contributed by atoms with E-state index < -0.39 is 0 Å². The normalized spacial score (nSPS) is 16.4. The molecule has 0 radical (unpaired) electrons. The molecule has 1 amide bonds. The second kappa shape index (κ2) is 6.27. The maximum Gasteiger partial charge on any atom is 0.229 e. The molecule has 4 nitrogen and oxygen atoms in total. The van der Waals surface area contributed by atoms with E-state index in [9.17, 15) is 4.79 Å². The largest absolute Gasteiger partial charge is 0.492 e. The number of aryl methyl sites for hydroxylation is 1. The van der Waals surface area contributed by atoms with Crippen molar-refractivity contribution in [1.82, 2.24) is 4.90 Å². The molecular weight excluding hydrogens is 252 g/mol. The average molecular weight is 276 g/mol. The van der Waals surface area contributed by atoms with Gasteiger partial charge in [0.15, 0.2) is 0 Å². The number of hydrogen-bond donors (Lipinski definition) is 1. The quantitative estimate of drug-likeness (QED) is 0.864. The van der Waals surface area contributed by atoms with Gasteiger partial charge in [0.05, 0.1) is 12.0 Å². The van der Waals surface area contributed by atoms with Gasteiger partial charge in [-0.1, -0.05) is 24.1 Å². The Bertz CT molecular complexity index is 447. The predicted molar refractivity (Wildman–Crippen MR) is 79.6 cm³/mol. The number of rotatable bonds is 6. The zero-order valence-electron chi connectivity index (χ0n) is 12.4. The molecule has 1 saturated carbocycles. The molecule has 1 fully saturated rings. The summed E-state index contributed by atoms with van der Waals surface area (Å²) in [6, 6.07) is 7.93. The van der Waals surface area contributed by atoms with Crippen LogP contribution in [-0.2, 0) is 4.79 Å². The summed E-state index contributed by atoms with van der Waals surface area (Å²) < 4.78 is 5.65. The van der Waals surface area contributed by atoms with Gasteiger partial charge < -0.3 is 15.4 Å². The first kappa shape index (κ1) is 14.9. The minimum absolute atomic E-state index is 0.166. The van der Waals surface area contributed by atoms with E-state index in [0.717, 1.165) is 25.0 Å². The Balaban J connectivity index is 1.78. The number of ether oxygens (including phenoxy) is 1. The molecule has 4 heteroatoms. The third-order valence-electron chi connectivity index (χ3n) is 4.22. The van der Waals surface area contributed by atoms with Crippen molar-refractivity contribution >= 4 is 5.91 Å². The second-order valence-electron chi connectivity index (χ2n) is 5.73. The lowest BCUT2D eigenvalue weighted by Gasteiger charge is -2.41. The zero-order chi connectivity index (χ0) is 14.6. The minimum Gasteiger partial charge on any atom is -0.492 e. The van der Waals surface area contributed by atoms with Gasteiger partial charge in [0.25, 0.3) is 0 Å². The number of likely N-dealkylation sites (N-methyl/N-ethyl adjacent to an activating group) is 1. The Morgan fingerprint density at radius 2 is 2.00 bits per heavy atom. The second-order valence-corrected chi connectivity index (χ2v) is 5.73. The van der Waals surface area contributed by atoms with Crippen LogP contribution in [0.3, 0.4) is 0 Å². The van der Waals surface area contributed by atoms with Crippen molar-refractivity contribution in [2.45, 2.75) is 26.2 Å². The number of amides is 1. The molecular formula is C16H24N2O2. The Hall–Kier alpha value is -1.55. The number of nitrogens with two attached hydrogens (primary N) is 1. The highest BCUT2D eigenvalue weighted by Crippen LogP contribution is 2.41. The Morgan fingerprint density at radius 3 is 2.50 bits per heavy atom. The molecule has 20 heavy (non-hydrogen) atoms. The number of nitrogens with zero attached hydrogens (tertiary/aromatic N) is 1. The molecule has 1 aliphatic rings. The van der Waals surface area contributed by atoms with Gasteiger partial charge in [-0.3, -0.25) is 4.79 Å². The standard InChI is InChI=1S/C16H24N2O2/c1-13-4-6-14(7-5-13)20-11-10-18(2)15(19)16(12-17)8-3-9-16/h4-7H,3,8-12,17H2,1-2H3. The molecule has 0 spiro atoms. The first-order chi connectivity index (χ1) is 9.57. The van der Waals surface area contributed by atoms with E-state index >= 15 is 0 Å². The van der Waals surface area contributed by atoms with Crippen molar-refractivity contribution in [2.24, 2.45) is 11.1 Å². The van der Waals surface area contributed by atoms with Gasteiger partial charge in [0, 0.05) is 13.6 Å². The van der Waals surface area contributed by atoms with Crippen molar-refractivity contribution in [2.75, 3.05) is 26.7 Å². The lowest BCUT2D eigenvalue weighted by molar-refractivity contribution is -0.145. The maximum absolute atomic E-state index is 12.4. The van der Waals surface area contributed by atoms with Crippen LogP contribution < -0.4 is 10.5 Å². The Kier molecular flexibility index (Phi) is 4.65.